The highest BCUT2D eigenvalue weighted by molar-refractivity contribution is 5.67. The van der Waals surface area contributed by atoms with E-state index in [4.69, 9.17) is 9.47 Å². The van der Waals surface area contributed by atoms with Gasteiger partial charge >= 0.3 is 6.09 Å². The number of benzene rings is 3. The molecule has 8 nitrogen and oxygen atoms in total. The maximum atomic E-state index is 12.0. The van der Waals surface area contributed by atoms with Gasteiger partial charge in [0.05, 0.1) is 18.1 Å². The number of anilines is 1. The van der Waals surface area contributed by atoms with Gasteiger partial charge in [0.1, 0.15) is 12.4 Å². The van der Waals surface area contributed by atoms with Crippen LogP contribution in [0.5, 0.6) is 5.75 Å². The summed E-state index contributed by atoms with van der Waals surface area (Å²) in [5.41, 5.74) is 2.67. The Labute approximate surface area is 186 Å². The fraction of sp³-hybridized carbons (Fsp3) is 0.208. The second kappa shape index (κ2) is 11.4. The summed E-state index contributed by atoms with van der Waals surface area (Å²) in [6, 6.07) is 23.2. The first-order valence-corrected chi connectivity index (χ1v) is 10.1. The molecule has 0 heterocycles. The van der Waals surface area contributed by atoms with Crippen molar-refractivity contribution in [2.24, 2.45) is 0 Å². The van der Waals surface area contributed by atoms with E-state index in [0.717, 1.165) is 22.6 Å². The van der Waals surface area contributed by atoms with Gasteiger partial charge in [-0.15, -0.1) is 0 Å². The van der Waals surface area contributed by atoms with Crippen molar-refractivity contribution in [1.29, 1.82) is 0 Å². The molecule has 0 saturated heterocycles. The Bertz CT molecular complexity index is 1010. The first-order chi connectivity index (χ1) is 15.5. The number of rotatable bonds is 10. The molecule has 1 atom stereocenters. The predicted molar refractivity (Wildman–Crippen MR) is 122 cm³/mol. The van der Waals surface area contributed by atoms with Gasteiger partial charge in [0, 0.05) is 24.4 Å². The number of nitro benzene ring substituents is 1. The number of carbonyl (C=O) groups excluding carboxylic acids is 1. The topological polar surface area (TPSA) is 103 Å². The molecule has 0 aliphatic rings. The van der Waals surface area contributed by atoms with Crippen LogP contribution in [0.3, 0.4) is 0 Å². The molecule has 0 aliphatic carbocycles. The molecule has 166 valence electrons. The molecule has 2 N–H and O–H groups in total. The van der Waals surface area contributed by atoms with Crippen LogP contribution >= 0.6 is 0 Å². The zero-order valence-electron chi connectivity index (χ0n) is 17.7. The Morgan fingerprint density at radius 3 is 2.31 bits per heavy atom. The van der Waals surface area contributed by atoms with Crippen molar-refractivity contribution in [2.45, 2.75) is 19.1 Å². The van der Waals surface area contributed by atoms with Gasteiger partial charge in [0.15, 0.2) is 0 Å². The molecule has 0 fully saturated rings. The molecule has 0 aromatic heterocycles. The van der Waals surface area contributed by atoms with Crippen molar-refractivity contribution in [3.05, 3.63) is 100 Å². The number of nitrogens with one attached hydrogen (secondary N) is 2. The summed E-state index contributed by atoms with van der Waals surface area (Å²) in [5.74, 6) is 0.741. The molecule has 32 heavy (non-hydrogen) atoms. The highest BCUT2D eigenvalue weighted by atomic mass is 16.6. The van der Waals surface area contributed by atoms with Crippen molar-refractivity contribution in [3.8, 4) is 5.75 Å². The van der Waals surface area contributed by atoms with Gasteiger partial charge < -0.3 is 20.1 Å². The molecule has 0 saturated carbocycles. The number of methoxy groups -OCH3 is 1. The Morgan fingerprint density at radius 2 is 1.69 bits per heavy atom. The summed E-state index contributed by atoms with van der Waals surface area (Å²) in [4.78, 5) is 22.5. The first-order valence-electron chi connectivity index (χ1n) is 10.1. The zero-order chi connectivity index (χ0) is 22.8. The van der Waals surface area contributed by atoms with Crippen LogP contribution in [0.1, 0.15) is 23.6 Å². The van der Waals surface area contributed by atoms with Crippen molar-refractivity contribution < 1.29 is 19.2 Å². The Hall–Kier alpha value is -4.07. The van der Waals surface area contributed by atoms with Crippen molar-refractivity contribution in [2.75, 3.05) is 19.0 Å². The Kier molecular flexibility index (Phi) is 8.02. The third-order valence-corrected chi connectivity index (χ3v) is 4.85. The number of amides is 1. The van der Waals surface area contributed by atoms with E-state index in [-0.39, 0.29) is 18.3 Å². The summed E-state index contributed by atoms with van der Waals surface area (Å²) in [5, 5.41) is 17.0. The SMILES string of the molecule is COc1ccc([C@H](CCNC(=O)OCc2ccccc2)Nc2ccc([N+](=O)[O-])cc2)cc1. The minimum Gasteiger partial charge on any atom is -0.497 e. The molecule has 0 aliphatic heterocycles. The molecule has 1 amide bonds. The molecule has 0 bridgehead atoms. The lowest BCUT2D eigenvalue weighted by atomic mass is 10.0. The average molecular weight is 435 g/mol. The summed E-state index contributed by atoms with van der Waals surface area (Å²) in [6.45, 7) is 0.583. The largest absolute Gasteiger partial charge is 0.497 e. The number of non-ortho nitro benzene ring substituents is 1. The van der Waals surface area contributed by atoms with E-state index in [2.05, 4.69) is 10.6 Å². The van der Waals surface area contributed by atoms with Gasteiger partial charge in [-0.25, -0.2) is 4.79 Å². The Balaban J connectivity index is 1.60. The predicted octanol–water partition coefficient (Wildman–Crippen LogP) is 5.07. The standard InChI is InChI=1S/C24H25N3O5/c1-31-22-13-7-19(8-14-22)23(26-20-9-11-21(12-10-20)27(29)30)15-16-25-24(28)32-17-18-5-3-2-4-6-18/h2-14,23,26H,15-17H2,1H3,(H,25,28)/t23-/m0/s1. The lowest BCUT2D eigenvalue weighted by Crippen LogP contribution is -2.27. The third kappa shape index (κ3) is 6.73. The first kappa shape index (κ1) is 22.6. The summed E-state index contributed by atoms with van der Waals surface area (Å²) in [6.07, 6.45) is 0.0849. The molecule has 3 rings (SSSR count). The molecular weight excluding hydrogens is 410 g/mol. The lowest BCUT2D eigenvalue weighted by molar-refractivity contribution is -0.384. The number of nitro groups is 1. The number of carbonyl (C=O) groups is 1. The van der Waals surface area contributed by atoms with Gasteiger partial charge in [0.25, 0.3) is 5.69 Å². The summed E-state index contributed by atoms with van der Waals surface area (Å²) in [7, 11) is 1.60. The van der Waals surface area contributed by atoms with Crippen LogP contribution < -0.4 is 15.4 Å². The normalized spacial score (nSPS) is 11.3. The van der Waals surface area contributed by atoms with Gasteiger partial charge in [-0.2, -0.15) is 0 Å². The van der Waals surface area contributed by atoms with Gasteiger partial charge in [-0.1, -0.05) is 42.5 Å². The van der Waals surface area contributed by atoms with Crippen molar-refractivity contribution in [1.82, 2.24) is 5.32 Å². The van der Waals surface area contributed by atoms with Crippen molar-refractivity contribution in [3.63, 3.8) is 0 Å². The number of nitrogens with zero attached hydrogens (tertiary/aromatic N) is 1. The fourth-order valence-electron chi connectivity index (χ4n) is 3.13. The van der Waals surface area contributed by atoms with Crippen LogP contribution in [0.15, 0.2) is 78.9 Å². The molecular formula is C24H25N3O5. The van der Waals surface area contributed by atoms with Crippen LogP contribution in [-0.4, -0.2) is 24.7 Å². The molecule has 0 radical (unpaired) electrons. The summed E-state index contributed by atoms with van der Waals surface area (Å²) < 4.78 is 10.5. The molecule has 0 unspecified atom stereocenters. The van der Waals surface area contributed by atoms with E-state index >= 15 is 0 Å². The number of hydrogen-bond acceptors (Lipinski definition) is 6. The monoisotopic (exact) mass is 435 g/mol. The highest BCUT2D eigenvalue weighted by Gasteiger charge is 2.14. The van der Waals surface area contributed by atoms with Gasteiger partial charge in [-0.3, -0.25) is 10.1 Å². The molecule has 0 spiro atoms. The maximum Gasteiger partial charge on any atom is 0.407 e. The lowest BCUT2D eigenvalue weighted by Gasteiger charge is -2.21. The summed E-state index contributed by atoms with van der Waals surface area (Å²) >= 11 is 0. The minimum atomic E-state index is -0.488. The van der Waals surface area contributed by atoms with Crippen LogP contribution in [0.2, 0.25) is 0 Å². The van der Waals surface area contributed by atoms with Gasteiger partial charge in [0.2, 0.25) is 0 Å². The number of ether oxygens (including phenoxy) is 2. The van der Waals surface area contributed by atoms with Crippen LogP contribution in [0, 0.1) is 10.1 Å². The van der Waals surface area contributed by atoms with E-state index in [0.29, 0.717) is 13.0 Å². The second-order valence-corrected chi connectivity index (χ2v) is 7.05. The number of alkyl carbamates (subject to hydrolysis) is 1. The Morgan fingerprint density at radius 1 is 1.00 bits per heavy atom. The molecule has 3 aromatic rings. The zero-order valence-corrected chi connectivity index (χ0v) is 17.7. The van der Waals surface area contributed by atoms with E-state index in [1.165, 1.54) is 12.1 Å². The smallest absolute Gasteiger partial charge is 0.407 e. The van der Waals surface area contributed by atoms with E-state index in [9.17, 15) is 14.9 Å². The quantitative estimate of drug-likeness (QED) is 0.340. The van der Waals surface area contributed by atoms with Crippen LogP contribution in [0.25, 0.3) is 0 Å². The van der Waals surface area contributed by atoms with E-state index < -0.39 is 11.0 Å². The molecule has 8 heteroatoms. The van der Waals surface area contributed by atoms with Crippen LogP contribution in [-0.2, 0) is 11.3 Å². The van der Waals surface area contributed by atoms with E-state index in [1.807, 2.05) is 54.6 Å². The third-order valence-electron chi connectivity index (χ3n) is 4.85. The highest BCUT2D eigenvalue weighted by Crippen LogP contribution is 2.25. The fourth-order valence-corrected chi connectivity index (χ4v) is 3.13. The van der Waals surface area contributed by atoms with Crippen molar-refractivity contribution >= 4 is 17.5 Å². The number of hydrogen-bond donors (Lipinski definition) is 2. The average Bonchev–Trinajstić information content (AvgIpc) is 2.83. The van der Waals surface area contributed by atoms with Gasteiger partial charge in [-0.05, 0) is 41.8 Å². The van der Waals surface area contributed by atoms with E-state index in [1.54, 1.807) is 19.2 Å². The molecule has 3 aromatic carbocycles. The maximum absolute atomic E-state index is 12.0. The van der Waals surface area contributed by atoms with Crippen LogP contribution in [0.4, 0.5) is 16.2 Å². The minimum absolute atomic E-state index is 0.0272. The second-order valence-electron chi connectivity index (χ2n) is 7.05.